The predicted octanol–water partition coefficient (Wildman–Crippen LogP) is 5.34. The maximum atomic E-state index is 12.4. The van der Waals surface area contributed by atoms with Crippen LogP contribution in [0.25, 0.3) is 0 Å². The summed E-state index contributed by atoms with van der Waals surface area (Å²) >= 11 is 11.9. The second kappa shape index (κ2) is 9.21. The third-order valence-electron chi connectivity index (χ3n) is 3.71. The first-order valence-electron chi connectivity index (χ1n) is 8.17. The Bertz CT molecular complexity index is 956. The largest absolute Gasteiger partial charge is 0.488 e. The average molecular weight is 399 g/mol. The van der Waals surface area contributed by atoms with Crippen molar-refractivity contribution in [3.8, 4) is 5.75 Å². The molecule has 0 fully saturated rings. The average Bonchev–Trinajstić information content (AvgIpc) is 2.69. The molecule has 3 aromatic rings. The van der Waals surface area contributed by atoms with Crippen molar-refractivity contribution in [2.45, 2.75) is 6.61 Å². The van der Waals surface area contributed by atoms with Gasteiger partial charge in [-0.25, -0.2) is 5.43 Å². The zero-order valence-electron chi connectivity index (χ0n) is 14.2. The number of nitrogens with one attached hydrogen (secondary N) is 1. The monoisotopic (exact) mass is 398 g/mol. The first kappa shape index (κ1) is 19.0. The standard InChI is InChI=1S/C21H16Cl2N2O2/c22-17-11-9-15(10-12-17)14-27-20-8-4-2-6-18(20)21(26)25-24-13-16-5-1-3-7-19(16)23/h1-13H,14H2,(H,25,26)/b24-13-. The Labute approximate surface area is 167 Å². The number of hydrogen-bond acceptors (Lipinski definition) is 3. The number of benzene rings is 3. The molecule has 6 heteroatoms. The normalized spacial score (nSPS) is 10.7. The molecule has 3 aromatic carbocycles. The van der Waals surface area contributed by atoms with Crippen LogP contribution >= 0.6 is 23.2 Å². The SMILES string of the molecule is O=C(N/N=C\c1ccccc1Cl)c1ccccc1OCc1ccc(Cl)cc1. The molecule has 0 aliphatic rings. The highest BCUT2D eigenvalue weighted by Gasteiger charge is 2.11. The van der Waals surface area contributed by atoms with Gasteiger partial charge in [0, 0.05) is 15.6 Å². The third kappa shape index (κ3) is 5.33. The van der Waals surface area contributed by atoms with Gasteiger partial charge >= 0.3 is 0 Å². The number of halogens is 2. The van der Waals surface area contributed by atoms with Gasteiger partial charge in [-0.05, 0) is 35.9 Å². The van der Waals surface area contributed by atoms with Gasteiger partial charge in [-0.2, -0.15) is 5.10 Å². The van der Waals surface area contributed by atoms with Crippen molar-refractivity contribution in [3.05, 3.63) is 99.5 Å². The van der Waals surface area contributed by atoms with Crippen molar-refractivity contribution in [2.24, 2.45) is 5.10 Å². The molecule has 0 saturated carbocycles. The summed E-state index contributed by atoms with van der Waals surface area (Å²) in [5.74, 6) is 0.0999. The second-order valence-corrected chi connectivity index (χ2v) is 6.48. The minimum atomic E-state index is -0.370. The van der Waals surface area contributed by atoms with Crippen LogP contribution in [0.1, 0.15) is 21.5 Å². The molecule has 0 heterocycles. The quantitative estimate of drug-likeness (QED) is 0.450. The fourth-order valence-electron chi connectivity index (χ4n) is 2.32. The first-order chi connectivity index (χ1) is 13.1. The minimum Gasteiger partial charge on any atom is -0.488 e. The molecule has 0 aliphatic heterocycles. The lowest BCUT2D eigenvalue weighted by molar-refractivity contribution is 0.0950. The van der Waals surface area contributed by atoms with Gasteiger partial charge in [0.1, 0.15) is 12.4 Å². The summed E-state index contributed by atoms with van der Waals surface area (Å²) in [6.45, 7) is 0.324. The maximum absolute atomic E-state index is 12.4. The van der Waals surface area contributed by atoms with Crippen LogP contribution in [0, 0.1) is 0 Å². The fraction of sp³-hybridized carbons (Fsp3) is 0.0476. The molecule has 0 atom stereocenters. The summed E-state index contributed by atoms with van der Waals surface area (Å²) in [4.78, 5) is 12.4. The van der Waals surface area contributed by atoms with Crippen molar-refractivity contribution in [3.63, 3.8) is 0 Å². The molecule has 27 heavy (non-hydrogen) atoms. The van der Waals surface area contributed by atoms with Crippen molar-refractivity contribution in [2.75, 3.05) is 0 Å². The van der Waals surface area contributed by atoms with Gasteiger partial charge in [0.05, 0.1) is 11.8 Å². The molecule has 0 aliphatic carbocycles. The fourth-order valence-corrected chi connectivity index (χ4v) is 2.63. The van der Waals surface area contributed by atoms with Crippen molar-refractivity contribution in [1.29, 1.82) is 0 Å². The van der Waals surface area contributed by atoms with Gasteiger partial charge in [0.2, 0.25) is 0 Å². The van der Waals surface area contributed by atoms with E-state index < -0.39 is 0 Å². The van der Waals surface area contributed by atoms with E-state index in [1.807, 2.05) is 24.3 Å². The Balaban J connectivity index is 1.66. The van der Waals surface area contributed by atoms with Crippen molar-refractivity contribution in [1.82, 2.24) is 5.43 Å². The molecular weight excluding hydrogens is 383 g/mol. The molecule has 0 radical (unpaired) electrons. The van der Waals surface area contributed by atoms with Crippen LogP contribution in [0.5, 0.6) is 5.75 Å². The van der Waals surface area contributed by atoms with E-state index >= 15 is 0 Å². The molecule has 0 unspecified atom stereocenters. The van der Waals surface area contributed by atoms with E-state index in [-0.39, 0.29) is 5.91 Å². The summed E-state index contributed by atoms with van der Waals surface area (Å²) in [6.07, 6.45) is 1.50. The molecular formula is C21H16Cl2N2O2. The maximum Gasteiger partial charge on any atom is 0.275 e. The molecule has 1 N–H and O–H groups in total. The Kier molecular flexibility index (Phi) is 6.47. The number of nitrogens with zero attached hydrogens (tertiary/aromatic N) is 1. The van der Waals surface area contributed by atoms with E-state index in [1.54, 1.807) is 48.5 Å². The minimum absolute atomic E-state index is 0.324. The van der Waals surface area contributed by atoms with E-state index in [2.05, 4.69) is 10.5 Å². The molecule has 0 spiro atoms. The summed E-state index contributed by atoms with van der Waals surface area (Å²) in [6, 6.07) is 21.6. The zero-order chi connectivity index (χ0) is 19.1. The van der Waals surface area contributed by atoms with Crippen LogP contribution in [0.15, 0.2) is 77.9 Å². The van der Waals surface area contributed by atoms with Gasteiger partial charge in [-0.1, -0.05) is 65.7 Å². The lowest BCUT2D eigenvalue weighted by atomic mass is 10.2. The molecule has 0 saturated heterocycles. The number of hydrogen-bond donors (Lipinski definition) is 1. The summed E-state index contributed by atoms with van der Waals surface area (Å²) in [7, 11) is 0. The van der Waals surface area contributed by atoms with Gasteiger partial charge in [-0.15, -0.1) is 0 Å². The zero-order valence-corrected chi connectivity index (χ0v) is 15.7. The number of amides is 1. The Hall–Kier alpha value is -2.82. The second-order valence-electron chi connectivity index (χ2n) is 5.63. The first-order valence-corrected chi connectivity index (χ1v) is 8.93. The molecule has 136 valence electrons. The summed E-state index contributed by atoms with van der Waals surface area (Å²) < 4.78 is 5.79. The lowest BCUT2D eigenvalue weighted by Crippen LogP contribution is -2.18. The van der Waals surface area contributed by atoms with E-state index in [1.165, 1.54) is 6.21 Å². The molecule has 4 nitrogen and oxygen atoms in total. The number of hydrazone groups is 1. The third-order valence-corrected chi connectivity index (χ3v) is 4.31. The van der Waals surface area contributed by atoms with Gasteiger partial charge in [-0.3, -0.25) is 4.79 Å². The Morgan fingerprint density at radius 2 is 1.67 bits per heavy atom. The van der Waals surface area contributed by atoms with Crippen molar-refractivity contribution < 1.29 is 9.53 Å². The molecule has 1 amide bonds. The number of carbonyl (C=O) groups is 1. The highest BCUT2D eigenvalue weighted by Crippen LogP contribution is 2.20. The predicted molar refractivity (Wildman–Crippen MR) is 109 cm³/mol. The smallest absolute Gasteiger partial charge is 0.275 e. The van der Waals surface area contributed by atoms with Gasteiger partial charge < -0.3 is 4.74 Å². The number of rotatable bonds is 6. The molecule has 3 rings (SSSR count). The molecule has 0 aromatic heterocycles. The van der Waals surface area contributed by atoms with E-state index in [4.69, 9.17) is 27.9 Å². The highest BCUT2D eigenvalue weighted by atomic mass is 35.5. The van der Waals surface area contributed by atoms with E-state index in [9.17, 15) is 4.79 Å². The van der Waals surface area contributed by atoms with E-state index in [0.29, 0.717) is 33.5 Å². The van der Waals surface area contributed by atoms with Crippen LogP contribution < -0.4 is 10.2 Å². The van der Waals surface area contributed by atoms with Crippen LogP contribution in [0.4, 0.5) is 0 Å². The van der Waals surface area contributed by atoms with Gasteiger partial charge in [0.15, 0.2) is 0 Å². The van der Waals surface area contributed by atoms with E-state index in [0.717, 1.165) is 5.56 Å². The van der Waals surface area contributed by atoms with Crippen LogP contribution in [0.3, 0.4) is 0 Å². The Morgan fingerprint density at radius 1 is 0.963 bits per heavy atom. The molecule has 0 bridgehead atoms. The Morgan fingerprint density at radius 3 is 2.44 bits per heavy atom. The van der Waals surface area contributed by atoms with Crippen LogP contribution in [0.2, 0.25) is 10.0 Å². The highest BCUT2D eigenvalue weighted by molar-refractivity contribution is 6.33. The number of carbonyl (C=O) groups excluding carboxylic acids is 1. The number of para-hydroxylation sites is 1. The summed E-state index contributed by atoms with van der Waals surface area (Å²) in [5, 5.41) is 5.19. The van der Waals surface area contributed by atoms with Gasteiger partial charge in [0.25, 0.3) is 5.91 Å². The van der Waals surface area contributed by atoms with Crippen LogP contribution in [-0.4, -0.2) is 12.1 Å². The van der Waals surface area contributed by atoms with Crippen molar-refractivity contribution >= 4 is 35.3 Å². The summed E-state index contributed by atoms with van der Waals surface area (Å²) in [5.41, 5.74) is 4.55. The number of ether oxygens (including phenoxy) is 1. The lowest BCUT2D eigenvalue weighted by Gasteiger charge is -2.10. The van der Waals surface area contributed by atoms with Crippen LogP contribution in [-0.2, 0) is 6.61 Å². The topological polar surface area (TPSA) is 50.7 Å².